The zero-order valence-corrected chi connectivity index (χ0v) is 15.4. The van der Waals surface area contributed by atoms with Crippen LogP contribution in [-0.4, -0.2) is 22.5 Å². The number of anilines is 1. The maximum atomic E-state index is 12.5. The van der Waals surface area contributed by atoms with E-state index in [1.54, 1.807) is 7.11 Å². The number of amides is 2. The van der Waals surface area contributed by atoms with Crippen molar-refractivity contribution in [2.24, 2.45) is 0 Å². The average Bonchev–Trinajstić information content (AvgIpc) is 3.11. The number of hydrogen-bond donors (Lipinski definition) is 2. The summed E-state index contributed by atoms with van der Waals surface area (Å²) in [7, 11) is 1.62. The van der Waals surface area contributed by atoms with Crippen LogP contribution in [-0.2, 0) is 6.54 Å². The number of urea groups is 1. The first-order chi connectivity index (χ1) is 13.7. The van der Waals surface area contributed by atoms with Gasteiger partial charge in [0.2, 0.25) is 0 Å². The summed E-state index contributed by atoms with van der Waals surface area (Å²) < 4.78 is 7.18. The molecule has 2 N–H and O–H groups in total. The van der Waals surface area contributed by atoms with Crippen LogP contribution in [0, 0.1) is 0 Å². The summed E-state index contributed by atoms with van der Waals surface area (Å²) in [5.74, 6) is 1.34. The number of nitrogens with zero attached hydrogens (tertiary/aromatic N) is 2. The highest BCUT2D eigenvalue weighted by atomic mass is 16.5. The number of rotatable bonds is 5. The molecule has 0 aliphatic rings. The largest absolute Gasteiger partial charge is 0.497 e. The lowest BCUT2D eigenvalue weighted by molar-refractivity contribution is 0.251. The van der Waals surface area contributed by atoms with E-state index in [1.807, 2.05) is 83.4 Å². The lowest BCUT2D eigenvalue weighted by Crippen LogP contribution is -2.28. The number of nitrogens with one attached hydrogen (secondary N) is 2. The van der Waals surface area contributed by atoms with E-state index in [2.05, 4.69) is 10.6 Å². The molecule has 4 rings (SSSR count). The van der Waals surface area contributed by atoms with Gasteiger partial charge in [-0.3, -0.25) is 9.72 Å². The summed E-state index contributed by atoms with van der Waals surface area (Å²) in [5.41, 5.74) is 3.32. The fourth-order valence-corrected chi connectivity index (χ4v) is 3.02. The minimum Gasteiger partial charge on any atom is -0.497 e. The van der Waals surface area contributed by atoms with Gasteiger partial charge >= 0.3 is 6.03 Å². The molecule has 2 heterocycles. The predicted molar refractivity (Wildman–Crippen MR) is 109 cm³/mol. The Morgan fingerprint density at radius 3 is 2.68 bits per heavy atom. The van der Waals surface area contributed by atoms with Gasteiger partial charge in [-0.2, -0.15) is 0 Å². The quantitative estimate of drug-likeness (QED) is 0.548. The van der Waals surface area contributed by atoms with Crippen LogP contribution < -0.4 is 15.4 Å². The molecule has 2 aromatic carbocycles. The molecule has 0 saturated heterocycles. The van der Waals surface area contributed by atoms with Crippen LogP contribution in [0.3, 0.4) is 0 Å². The molecule has 0 radical (unpaired) electrons. The normalized spacial score (nSPS) is 10.6. The Balaban J connectivity index is 1.64. The molecule has 0 fully saturated rings. The highest BCUT2D eigenvalue weighted by molar-refractivity contribution is 5.93. The minimum absolute atomic E-state index is 0.293. The van der Waals surface area contributed by atoms with Crippen LogP contribution in [0.15, 0.2) is 79.0 Å². The first kappa shape index (κ1) is 17.6. The van der Waals surface area contributed by atoms with Crippen molar-refractivity contribution in [3.05, 3.63) is 84.6 Å². The van der Waals surface area contributed by atoms with E-state index in [-0.39, 0.29) is 6.03 Å². The van der Waals surface area contributed by atoms with Crippen LogP contribution >= 0.6 is 0 Å². The maximum Gasteiger partial charge on any atom is 0.320 e. The summed E-state index contributed by atoms with van der Waals surface area (Å²) in [6.45, 7) is 0.442. The van der Waals surface area contributed by atoms with Crippen LogP contribution in [0.4, 0.5) is 10.6 Å². The fourth-order valence-electron chi connectivity index (χ4n) is 3.02. The van der Waals surface area contributed by atoms with Crippen molar-refractivity contribution >= 4 is 17.5 Å². The highest BCUT2D eigenvalue weighted by Gasteiger charge is 2.16. The van der Waals surface area contributed by atoms with Gasteiger partial charge in [0.1, 0.15) is 22.9 Å². The number of carbonyl (C=O) groups is 1. The Kier molecular flexibility index (Phi) is 4.93. The molecule has 140 valence electrons. The van der Waals surface area contributed by atoms with Crippen molar-refractivity contribution in [1.82, 2.24) is 14.7 Å². The Labute approximate surface area is 162 Å². The molecular formula is C22H20N4O2. The number of fused-ring (bicyclic) bond motifs is 1. The SMILES string of the molecule is COc1cccc(-c2nc3ccccn3c2NC(=O)NCc2ccccc2)c1. The Bertz CT molecular complexity index is 1110. The number of ether oxygens (including phenoxy) is 1. The van der Waals surface area contributed by atoms with Crippen molar-refractivity contribution in [2.45, 2.75) is 6.54 Å². The number of hydrogen-bond acceptors (Lipinski definition) is 3. The molecular weight excluding hydrogens is 352 g/mol. The monoisotopic (exact) mass is 372 g/mol. The number of carbonyl (C=O) groups excluding carboxylic acids is 1. The molecule has 6 nitrogen and oxygen atoms in total. The van der Waals surface area contributed by atoms with Gasteiger partial charge in [-0.15, -0.1) is 0 Å². The third kappa shape index (κ3) is 3.66. The van der Waals surface area contributed by atoms with Gasteiger partial charge in [0, 0.05) is 18.3 Å². The van der Waals surface area contributed by atoms with Crippen LogP contribution in [0.1, 0.15) is 5.56 Å². The van der Waals surface area contributed by atoms with Gasteiger partial charge in [0.05, 0.1) is 7.11 Å². The number of imidazole rings is 1. The van der Waals surface area contributed by atoms with Crippen LogP contribution in [0.25, 0.3) is 16.9 Å². The Hall–Kier alpha value is -3.80. The first-order valence-corrected chi connectivity index (χ1v) is 8.95. The topological polar surface area (TPSA) is 67.7 Å². The highest BCUT2D eigenvalue weighted by Crippen LogP contribution is 2.30. The molecule has 0 saturated carbocycles. The van der Waals surface area contributed by atoms with E-state index in [4.69, 9.17) is 9.72 Å². The number of aromatic nitrogens is 2. The predicted octanol–water partition coefficient (Wildman–Crippen LogP) is 4.33. The maximum absolute atomic E-state index is 12.5. The van der Waals surface area contributed by atoms with Gasteiger partial charge in [-0.1, -0.05) is 48.5 Å². The molecule has 6 heteroatoms. The zero-order valence-electron chi connectivity index (χ0n) is 15.4. The van der Waals surface area contributed by atoms with E-state index < -0.39 is 0 Å². The number of benzene rings is 2. The molecule has 0 bridgehead atoms. The second kappa shape index (κ2) is 7.84. The Morgan fingerprint density at radius 1 is 1.04 bits per heavy atom. The molecule has 4 aromatic rings. The van der Waals surface area contributed by atoms with Gasteiger partial charge in [0.25, 0.3) is 0 Å². The molecule has 2 amide bonds. The Morgan fingerprint density at radius 2 is 1.86 bits per heavy atom. The fraction of sp³-hybridized carbons (Fsp3) is 0.0909. The van der Waals surface area contributed by atoms with Crippen molar-refractivity contribution in [1.29, 1.82) is 0 Å². The third-order valence-electron chi connectivity index (χ3n) is 4.40. The molecule has 0 atom stereocenters. The zero-order chi connectivity index (χ0) is 19.3. The van der Waals surface area contributed by atoms with E-state index >= 15 is 0 Å². The van der Waals surface area contributed by atoms with Crippen molar-refractivity contribution < 1.29 is 9.53 Å². The summed E-state index contributed by atoms with van der Waals surface area (Å²) in [4.78, 5) is 17.2. The van der Waals surface area contributed by atoms with Gasteiger partial charge < -0.3 is 10.1 Å². The second-order valence-corrected chi connectivity index (χ2v) is 6.26. The molecule has 0 aliphatic heterocycles. The smallest absolute Gasteiger partial charge is 0.320 e. The van der Waals surface area contributed by atoms with E-state index in [0.717, 1.165) is 22.5 Å². The summed E-state index contributed by atoms with van der Waals surface area (Å²) in [5, 5.41) is 5.84. The number of pyridine rings is 1. The van der Waals surface area contributed by atoms with Gasteiger partial charge in [-0.05, 0) is 29.8 Å². The summed E-state index contributed by atoms with van der Waals surface area (Å²) in [6.07, 6.45) is 1.87. The van der Waals surface area contributed by atoms with E-state index in [9.17, 15) is 4.79 Å². The lowest BCUT2D eigenvalue weighted by atomic mass is 10.1. The molecule has 28 heavy (non-hydrogen) atoms. The minimum atomic E-state index is -0.293. The van der Waals surface area contributed by atoms with Crippen LogP contribution in [0.2, 0.25) is 0 Å². The third-order valence-corrected chi connectivity index (χ3v) is 4.40. The molecule has 2 aromatic heterocycles. The standard InChI is InChI=1S/C22H20N4O2/c1-28-18-11-7-10-17(14-18)20-21(26-13-6-5-12-19(26)24-20)25-22(27)23-15-16-8-3-2-4-9-16/h2-14H,15H2,1H3,(H2,23,25,27). The van der Waals surface area contributed by atoms with Crippen LogP contribution in [0.5, 0.6) is 5.75 Å². The van der Waals surface area contributed by atoms with Crippen molar-refractivity contribution in [2.75, 3.05) is 12.4 Å². The van der Waals surface area contributed by atoms with E-state index in [0.29, 0.717) is 18.1 Å². The van der Waals surface area contributed by atoms with Crippen molar-refractivity contribution in [3.8, 4) is 17.0 Å². The average molecular weight is 372 g/mol. The molecule has 0 unspecified atom stereocenters. The van der Waals surface area contributed by atoms with E-state index in [1.165, 1.54) is 0 Å². The van der Waals surface area contributed by atoms with Crippen molar-refractivity contribution in [3.63, 3.8) is 0 Å². The lowest BCUT2D eigenvalue weighted by Gasteiger charge is -2.10. The summed E-state index contributed by atoms with van der Waals surface area (Å²) in [6, 6.07) is 22.8. The molecule has 0 aliphatic carbocycles. The summed E-state index contributed by atoms with van der Waals surface area (Å²) >= 11 is 0. The second-order valence-electron chi connectivity index (χ2n) is 6.26. The molecule has 0 spiro atoms. The van der Waals surface area contributed by atoms with Gasteiger partial charge in [-0.25, -0.2) is 9.78 Å². The number of methoxy groups -OCH3 is 1. The first-order valence-electron chi connectivity index (χ1n) is 8.95. The van der Waals surface area contributed by atoms with Gasteiger partial charge in [0.15, 0.2) is 0 Å².